The molecule has 0 radical (unpaired) electrons. The molecule has 2 atom stereocenters. The van der Waals surface area contributed by atoms with E-state index in [9.17, 15) is 4.79 Å². The highest BCUT2D eigenvalue weighted by Crippen LogP contribution is 2.33. The molecule has 0 unspecified atom stereocenters. The predicted molar refractivity (Wildman–Crippen MR) is 97.3 cm³/mol. The Hall–Kier alpha value is -2.22. The van der Waals surface area contributed by atoms with E-state index in [1.54, 1.807) is 11.3 Å². The fourth-order valence-electron chi connectivity index (χ4n) is 3.85. The normalized spacial score (nSPS) is 23.2. The zero-order valence-corrected chi connectivity index (χ0v) is 15.3. The molecule has 0 aliphatic carbocycles. The highest BCUT2D eigenvalue weighted by molar-refractivity contribution is 7.07. The molecule has 0 saturated carbocycles. The van der Waals surface area contributed by atoms with Crippen LogP contribution in [0.3, 0.4) is 0 Å². The number of rotatable bonds is 3. The summed E-state index contributed by atoms with van der Waals surface area (Å²) in [4.78, 5) is 30.2. The first-order chi connectivity index (χ1) is 12.0. The quantitative estimate of drug-likeness (QED) is 0.899. The first kappa shape index (κ1) is 16.3. The van der Waals surface area contributed by atoms with E-state index in [1.807, 2.05) is 29.6 Å². The van der Waals surface area contributed by atoms with Crippen LogP contribution in [0.1, 0.15) is 29.8 Å². The molecule has 3 fully saturated rings. The molecule has 2 N–H and O–H groups in total. The molecule has 2 bridgehead atoms. The number of carbonyl (C=O) groups excluding carboxylic acids is 1. The Bertz CT molecular complexity index is 793. The number of amides is 1. The molecule has 7 nitrogen and oxygen atoms in total. The number of aryl methyl sites for hydroxylation is 1. The van der Waals surface area contributed by atoms with Crippen LogP contribution in [-0.4, -0.2) is 44.9 Å². The second-order valence-electron chi connectivity index (χ2n) is 6.89. The van der Waals surface area contributed by atoms with Gasteiger partial charge in [0.05, 0.1) is 23.7 Å². The molecule has 3 saturated heterocycles. The molecule has 2 aromatic heterocycles. The van der Waals surface area contributed by atoms with Gasteiger partial charge in [-0.05, 0) is 26.7 Å². The van der Waals surface area contributed by atoms with Crippen molar-refractivity contribution in [2.45, 2.75) is 39.3 Å². The first-order valence-corrected chi connectivity index (χ1v) is 9.50. The molecule has 2 aromatic rings. The third-order valence-electron chi connectivity index (χ3n) is 5.29. The Morgan fingerprint density at radius 2 is 2.12 bits per heavy atom. The van der Waals surface area contributed by atoms with Crippen molar-refractivity contribution in [3.8, 4) is 0 Å². The SMILES string of the molecule is Cc1nc(N)nc(N2C[C@@H]3CC[C@H](C2)N(Cc2cscn2)C3=O)c1C. The smallest absolute Gasteiger partial charge is 0.228 e. The standard InChI is InChI=1S/C17H22N6OS/c1-10-11(2)20-17(18)21-15(10)22-5-12-3-4-14(7-22)23(16(12)24)6-13-8-25-9-19-13/h8-9,12,14H,3-7H2,1-2H3,(H2,18,20,21)/t12-,14+/m0/s1. The van der Waals surface area contributed by atoms with Crippen LogP contribution in [-0.2, 0) is 11.3 Å². The maximum Gasteiger partial charge on any atom is 0.228 e. The van der Waals surface area contributed by atoms with Gasteiger partial charge in [0.2, 0.25) is 11.9 Å². The molecule has 132 valence electrons. The summed E-state index contributed by atoms with van der Waals surface area (Å²) in [5.74, 6) is 1.40. The maximum atomic E-state index is 12.9. The average Bonchev–Trinajstić information content (AvgIpc) is 2.94. The van der Waals surface area contributed by atoms with E-state index >= 15 is 0 Å². The maximum absolute atomic E-state index is 12.9. The van der Waals surface area contributed by atoms with Crippen molar-refractivity contribution in [3.05, 3.63) is 27.8 Å². The molecule has 0 spiro atoms. The number of fused-ring (bicyclic) bond motifs is 4. The van der Waals surface area contributed by atoms with Crippen molar-refractivity contribution in [2.24, 2.45) is 5.92 Å². The highest BCUT2D eigenvalue weighted by Gasteiger charge is 2.41. The molecule has 3 aliphatic rings. The molecule has 5 heterocycles. The van der Waals surface area contributed by atoms with Gasteiger partial charge in [-0.2, -0.15) is 4.98 Å². The fraction of sp³-hybridized carbons (Fsp3) is 0.529. The van der Waals surface area contributed by atoms with Crippen LogP contribution in [0.4, 0.5) is 11.8 Å². The largest absolute Gasteiger partial charge is 0.368 e. The third kappa shape index (κ3) is 2.95. The van der Waals surface area contributed by atoms with E-state index in [2.05, 4.69) is 19.9 Å². The van der Waals surface area contributed by atoms with Gasteiger partial charge in [-0.1, -0.05) is 0 Å². The molecule has 25 heavy (non-hydrogen) atoms. The Kier molecular flexibility index (Phi) is 4.07. The second-order valence-corrected chi connectivity index (χ2v) is 7.61. The molecule has 3 aliphatic heterocycles. The Morgan fingerprint density at radius 3 is 2.88 bits per heavy atom. The number of nitrogens with two attached hydrogens (primary N) is 1. The number of anilines is 2. The molecular formula is C17H22N6OS. The van der Waals surface area contributed by atoms with Gasteiger partial charge in [0.15, 0.2) is 0 Å². The van der Waals surface area contributed by atoms with Gasteiger partial charge in [-0.25, -0.2) is 9.97 Å². The van der Waals surface area contributed by atoms with E-state index < -0.39 is 0 Å². The lowest BCUT2D eigenvalue weighted by atomic mass is 9.94. The van der Waals surface area contributed by atoms with Crippen LogP contribution in [0, 0.1) is 19.8 Å². The van der Waals surface area contributed by atoms with E-state index in [0.29, 0.717) is 19.0 Å². The molecule has 1 amide bonds. The van der Waals surface area contributed by atoms with Crippen LogP contribution in [0.2, 0.25) is 0 Å². The van der Waals surface area contributed by atoms with E-state index in [4.69, 9.17) is 5.73 Å². The number of hydrogen-bond acceptors (Lipinski definition) is 7. The van der Waals surface area contributed by atoms with Gasteiger partial charge >= 0.3 is 0 Å². The Morgan fingerprint density at radius 1 is 1.28 bits per heavy atom. The Balaban J connectivity index is 1.64. The van der Waals surface area contributed by atoms with E-state index in [-0.39, 0.29) is 17.9 Å². The van der Waals surface area contributed by atoms with Crippen LogP contribution in [0.15, 0.2) is 10.9 Å². The summed E-state index contributed by atoms with van der Waals surface area (Å²) < 4.78 is 0. The Labute approximate surface area is 150 Å². The summed E-state index contributed by atoms with van der Waals surface area (Å²) in [5.41, 5.74) is 10.6. The van der Waals surface area contributed by atoms with Crippen LogP contribution >= 0.6 is 11.3 Å². The number of hydrogen-bond donors (Lipinski definition) is 1. The zero-order chi connectivity index (χ0) is 17.6. The van der Waals surface area contributed by atoms with Gasteiger partial charge in [-0.3, -0.25) is 4.79 Å². The van der Waals surface area contributed by atoms with Gasteiger partial charge in [0, 0.05) is 35.8 Å². The van der Waals surface area contributed by atoms with Crippen LogP contribution in [0.25, 0.3) is 0 Å². The number of nitrogens with zero attached hydrogens (tertiary/aromatic N) is 5. The third-order valence-corrected chi connectivity index (χ3v) is 5.92. The number of aromatic nitrogens is 3. The summed E-state index contributed by atoms with van der Waals surface area (Å²) in [5, 5.41) is 2.02. The lowest BCUT2D eigenvalue weighted by molar-refractivity contribution is -0.140. The van der Waals surface area contributed by atoms with Gasteiger partial charge in [0.25, 0.3) is 0 Å². The van der Waals surface area contributed by atoms with Crippen molar-refractivity contribution >= 4 is 29.0 Å². The number of thiazole rings is 1. The number of piperidine rings is 1. The van der Waals surface area contributed by atoms with Crippen molar-refractivity contribution in [3.63, 3.8) is 0 Å². The molecule has 8 heteroatoms. The minimum atomic E-state index is 0.00767. The predicted octanol–water partition coefficient (Wildman–Crippen LogP) is 1.76. The molecule has 0 aromatic carbocycles. The van der Waals surface area contributed by atoms with Crippen LogP contribution in [0.5, 0.6) is 0 Å². The first-order valence-electron chi connectivity index (χ1n) is 8.56. The van der Waals surface area contributed by atoms with E-state index in [0.717, 1.165) is 42.2 Å². The van der Waals surface area contributed by atoms with Gasteiger partial charge in [-0.15, -0.1) is 11.3 Å². The second kappa shape index (κ2) is 6.25. The van der Waals surface area contributed by atoms with Crippen molar-refractivity contribution in [1.82, 2.24) is 19.9 Å². The van der Waals surface area contributed by atoms with Crippen molar-refractivity contribution in [2.75, 3.05) is 23.7 Å². The lowest BCUT2D eigenvalue weighted by Crippen LogP contribution is -2.47. The highest BCUT2D eigenvalue weighted by atomic mass is 32.1. The molecule has 5 rings (SSSR count). The summed E-state index contributed by atoms with van der Waals surface area (Å²) in [6, 6.07) is 0.184. The van der Waals surface area contributed by atoms with Crippen LogP contribution < -0.4 is 10.6 Å². The topological polar surface area (TPSA) is 88.2 Å². The summed E-state index contributed by atoms with van der Waals surface area (Å²) in [7, 11) is 0. The average molecular weight is 358 g/mol. The van der Waals surface area contributed by atoms with Crippen molar-refractivity contribution < 1.29 is 4.79 Å². The monoisotopic (exact) mass is 358 g/mol. The van der Waals surface area contributed by atoms with E-state index in [1.165, 1.54) is 0 Å². The number of nitrogen functional groups attached to an aromatic ring is 1. The molecular weight excluding hydrogens is 336 g/mol. The minimum Gasteiger partial charge on any atom is -0.368 e. The lowest BCUT2D eigenvalue weighted by Gasteiger charge is -2.35. The fourth-order valence-corrected chi connectivity index (χ4v) is 4.40. The summed E-state index contributed by atoms with van der Waals surface area (Å²) >= 11 is 1.57. The summed E-state index contributed by atoms with van der Waals surface area (Å²) in [6.45, 7) is 6.04. The van der Waals surface area contributed by atoms with Gasteiger partial charge in [0.1, 0.15) is 5.82 Å². The zero-order valence-electron chi connectivity index (χ0n) is 14.5. The minimum absolute atomic E-state index is 0.00767. The van der Waals surface area contributed by atoms with Crippen molar-refractivity contribution in [1.29, 1.82) is 0 Å². The number of carbonyl (C=O) groups is 1. The summed E-state index contributed by atoms with van der Waals surface area (Å²) in [6.07, 6.45) is 1.96. The van der Waals surface area contributed by atoms with Gasteiger partial charge < -0.3 is 15.5 Å².